The van der Waals surface area contributed by atoms with Crippen molar-refractivity contribution in [2.75, 3.05) is 0 Å². The lowest BCUT2D eigenvalue weighted by Gasteiger charge is -2.13. The number of phenols is 1. The van der Waals surface area contributed by atoms with E-state index >= 15 is 0 Å². The predicted molar refractivity (Wildman–Crippen MR) is 94.0 cm³/mol. The van der Waals surface area contributed by atoms with E-state index < -0.39 is 12.0 Å². The molecule has 2 aromatic carbocycles. The number of carboxylic acids is 1. The topological polar surface area (TPSA) is 92.8 Å². The fourth-order valence-corrected chi connectivity index (χ4v) is 2.96. The molecule has 0 saturated heterocycles. The van der Waals surface area contributed by atoms with Crippen LogP contribution in [0, 0.1) is 0 Å². The van der Waals surface area contributed by atoms with Crippen molar-refractivity contribution in [1.82, 2.24) is 0 Å². The van der Waals surface area contributed by atoms with Crippen molar-refractivity contribution in [3.8, 4) is 17.2 Å². The van der Waals surface area contributed by atoms with E-state index in [1.165, 1.54) is 24.3 Å². The number of aliphatic carboxylic acids is 1. The van der Waals surface area contributed by atoms with Crippen LogP contribution in [0.2, 0.25) is 20.1 Å². The highest BCUT2D eigenvalue weighted by atomic mass is 35.5. The molecule has 0 amide bonds. The zero-order chi connectivity index (χ0) is 18.0. The molecule has 128 valence electrons. The van der Waals surface area contributed by atoms with Gasteiger partial charge in [0.2, 0.25) is 0 Å². The highest BCUT2D eigenvalue weighted by Gasteiger charge is 2.17. The van der Waals surface area contributed by atoms with Gasteiger partial charge in [-0.05, 0) is 24.1 Å². The van der Waals surface area contributed by atoms with Crippen LogP contribution in [0.3, 0.4) is 0 Å². The van der Waals surface area contributed by atoms with Crippen molar-refractivity contribution in [3.05, 3.63) is 49.9 Å². The third-order valence-corrected chi connectivity index (χ3v) is 4.18. The molecule has 2 rings (SSSR count). The summed E-state index contributed by atoms with van der Waals surface area (Å²) in [6.45, 7) is 0. The molecular weight excluding hydrogens is 400 g/mol. The van der Waals surface area contributed by atoms with Crippen LogP contribution in [-0.2, 0) is 11.2 Å². The summed E-state index contributed by atoms with van der Waals surface area (Å²) in [7, 11) is 0. The third-order valence-electron chi connectivity index (χ3n) is 3.04. The standard InChI is InChI=1S/C15H11Cl4NO4/c16-8-4-7(5-9(17)13(8)21)24-14-10(18)1-6(2-11(14)19)3-12(20)15(22)23/h1-2,4-5,12,21H,3,20H2,(H,22,23)/t12-/m0/s1. The zero-order valence-corrected chi connectivity index (χ0v) is 14.9. The maximum atomic E-state index is 10.8. The van der Waals surface area contributed by atoms with E-state index in [1.54, 1.807) is 0 Å². The number of carbonyl (C=O) groups is 1. The molecule has 0 aliphatic rings. The molecule has 1 atom stereocenters. The maximum absolute atomic E-state index is 10.8. The predicted octanol–water partition coefficient (Wildman–Crippen LogP) is 4.75. The summed E-state index contributed by atoms with van der Waals surface area (Å²) in [4.78, 5) is 10.8. The lowest BCUT2D eigenvalue weighted by atomic mass is 10.1. The summed E-state index contributed by atoms with van der Waals surface area (Å²) >= 11 is 23.9. The highest BCUT2D eigenvalue weighted by Crippen LogP contribution is 2.41. The molecule has 4 N–H and O–H groups in total. The van der Waals surface area contributed by atoms with Gasteiger partial charge in [-0.3, -0.25) is 4.79 Å². The largest absolute Gasteiger partial charge is 0.505 e. The summed E-state index contributed by atoms with van der Waals surface area (Å²) in [5.41, 5.74) is 6.04. The van der Waals surface area contributed by atoms with E-state index in [2.05, 4.69) is 0 Å². The number of halogens is 4. The summed E-state index contributed by atoms with van der Waals surface area (Å²) < 4.78 is 5.57. The highest BCUT2D eigenvalue weighted by molar-refractivity contribution is 6.38. The molecule has 2 aromatic rings. The first kappa shape index (κ1) is 19.0. The Morgan fingerprint density at radius 3 is 2.00 bits per heavy atom. The van der Waals surface area contributed by atoms with Gasteiger partial charge in [0.15, 0.2) is 11.5 Å². The molecule has 0 spiro atoms. The summed E-state index contributed by atoms with van der Waals surface area (Å²) in [6.07, 6.45) is 0.0614. The Balaban J connectivity index is 2.30. The smallest absolute Gasteiger partial charge is 0.320 e. The minimum atomic E-state index is -1.13. The van der Waals surface area contributed by atoms with Gasteiger partial charge in [0.1, 0.15) is 11.8 Å². The Morgan fingerprint density at radius 2 is 1.54 bits per heavy atom. The fourth-order valence-electron chi connectivity index (χ4n) is 1.89. The summed E-state index contributed by atoms with van der Waals surface area (Å²) in [5, 5.41) is 18.7. The van der Waals surface area contributed by atoms with Crippen molar-refractivity contribution in [3.63, 3.8) is 0 Å². The minimum absolute atomic E-state index is 0.00815. The summed E-state index contributed by atoms with van der Waals surface area (Å²) in [5.74, 6) is -1.03. The van der Waals surface area contributed by atoms with E-state index in [-0.39, 0.29) is 43.8 Å². The van der Waals surface area contributed by atoms with Crippen molar-refractivity contribution in [1.29, 1.82) is 0 Å². The van der Waals surface area contributed by atoms with Gasteiger partial charge in [-0.15, -0.1) is 0 Å². The van der Waals surface area contributed by atoms with Gasteiger partial charge >= 0.3 is 5.97 Å². The van der Waals surface area contributed by atoms with Crippen molar-refractivity contribution >= 4 is 52.4 Å². The first-order valence-corrected chi connectivity index (χ1v) is 8.02. The lowest BCUT2D eigenvalue weighted by molar-refractivity contribution is -0.138. The molecule has 0 aliphatic carbocycles. The van der Waals surface area contributed by atoms with Gasteiger partial charge in [0, 0.05) is 12.1 Å². The minimum Gasteiger partial charge on any atom is -0.505 e. The Hall–Kier alpha value is -1.37. The second kappa shape index (κ2) is 7.68. The van der Waals surface area contributed by atoms with Gasteiger partial charge in [-0.25, -0.2) is 0 Å². The molecular formula is C15H11Cl4NO4. The SMILES string of the molecule is N[C@@H](Cc1cc(Cl)c(Oc2cc(Cl)c(O)c(Cl)c2)c(Cl)c1)C(=O)O. The number of rotatable bonds is 5. The zero-order valence-electron chi connectivity index (χ0n) is 11.9. The van der Waals surface area contributed by atoms with Gasteiger partial charge in [-0.2, -0.15) is 0 Å². The molecule has 9 heteroatoms. The number of phenolic OH excluding ortho intramolecular Hbond substituents is 1. The first-order chi connectivity index (χ1) is 11.2. The molecule has 24 heavy (non-hydrogen) atoms. The molecule has 0 bridgehead atoms. The second-order valence-corrected chi connectivity index (χ2v) is 6.50. The number of benzene rings is 2. The molecule has 0 unspecified atom stereocenters. The van der Waals surface area contributed by atoms with Gasteiger partial charge in [0.25, 0.3) is 0 Å². The van der Waals surface area contributed by atoms with Gasteiger partial charge < -0.3 is 20.7 Å². The van der Waals surface area contributed by atoms with Gasteiger partial charge in [0.05, 0.1) is 20.1 Å². The summed E-state index contributed by atoms with van der Waals surface area (Å²) in [6, 6.07) is 4.65. The molecule has 0 saturated carbocycles. The van der Waals surface area contributed by atoms with E-state index in [4.69, 9.17) is 62.0 Å². The molecule has 0 radical (unpaired) electrons. The monoisotopic (exact) mass is 409 g/mol. The van der Waals surface area contributed by atoms with Crippen LogP contribution in [0.25, 0.3) is 0 Å². The van der Waals surface area contributed by atoms with E-state index in [0.29, 0.717) is 5.56 Å². The van der Waals surface area contributed by atoms with Crippen molar-refractivity contribution in [2.45, 2.75) is 12.5 Å². The van der Waals surface area contributed by atoms with E-state index in [0.717, 1.165) is 0 Å². The van der Waals surface area contributed by atoms with Crippen LogP contribution in [0.1, 0.15) is 5.56 Å². The number of nitrogens with two attached hydrogens (primary N) is 1. The Bertz CT molecular complexity index is 751. The van der Waals surface area contributed by atoms with Crippen LogP contribution in [0.4, 0.5) is 0 Å². The molecule has 0 fully saturated rings. The van der Waals surface area contributed by atoms with Crippen molar-refractivity contribution in [2.24, 2.45) is 5.73 Å². The van der Waals surface area contributed by atoms with Crippen LogP contribution < -0.4 is 10.5 Å². The van der Waals surface area contributed by atoms with E-state index in [9.17, 15) is 9.90 Å². The maximum Gasteiger partial charge on any atom is 0.320 e. The van der Waals surface area contributed by atoms with Crippen LogP contribution in [0.15, 0.2) is 24.3 Å². The molecule has 0 aromatic heterocycles. The number of ether oxygens (including phenoxy) is 1. The number of aromatic hydroxyl groups is 1. The Morgan fingerprint density at radius 1 is 1.04 bits per heavy atom. The molecule has 5 nitrogen and oxygen atoms in total. The molecule has 0 aliphatic heterocycles. The molecule has 0 heterocycles. The number of carboxylic acid groups (broad SMARTS) is 1. The van der Waals surface area contributed by atoms with Crippen LogP contribution in [0.5, 0.6) is 17.2 Å². The van der Waals surface area contributed by atoms with Crippen LogP contribution >= 0.6 is 46.4 Å². The van der Waals surface area contributed by atoms with Crippen molar-refractivity contribution < 1.29 is 19.7 Å². The second-order valence-electron chi connectivity index (χ2n) is 4.88. The average molecular weight is 411 g/mol. The average Bonchev–Trinajstić information content (AvgIpc) is 2.48. The van der Waals surface area contributed by atoms with E-state index in [1.807, 2.05) is 0 Å². The normalized spacial score (nSPS) is 12.0. The lowest BCUT2D eigenvalue weighted by Crippen LogP contribution is -2.32. The Kier molecular flexibility index (Phi) is 6.06. The Labute approximate surface area is 157 Å². The van der Waals surface area contributed by atoms with Gasteiger partial charge in [-0.1, -0.05) is 46.4 Å². The fraction of sp³-hybridized carbons (Fsp3) is 0.133. The van der Waals surface area contributed by atoms with Crippen LogP contribution in [-0.4, -0.2) is 22.2 Å². The number of hydrogen-bond donors (Lipinski definition) is 3. The number of hydrogen-bond acceptors (Lipinski definition) is 4. The first-order valence-electron chi connectivity index (χ1n) is 6.51. The third kappa shape index (κ3) is 4.37. The quantitative estimate of drug-likeness (QED) is 0.661.